The van der Waals surface area contributed by atoms with Crippen LogP contribution in [0.1, 0.15) is 56.5 Å². The van der Waals surface area contributed by atoms with E-state index in [9.17, 15) is 14.7 Å². The highest BCUT2D eigenvalue weighted by Crippen LogP contribution is 2.29. The second-order valence-electron chi connectivity index (χ2n) is 6.84. The third-order valence-corrected chi connectivity index (χ3v) is 5.12. The average molecular weight is 332 g/mol. The highest BCUT2D eigenvalue weighted by molar-refractivity contribution is 5.98. The molecule has 1 aromatic carbocycles. The van der Waals surface area contributed by atoms with Gasteiger partial charge in [0.2, 0.25) is 5.91 Å². The summed E-state index contributed by atoms with van der Waals surface area (Å²) in [5.74, 6) is 0.0173. The maximum Gasteiger partial charge on any atom is 0.251 e. The molecule has 24 heavy (non-hydrogen) atoms. The van der Waals surface area contributed by atoms with E-state index in [2.05, 4.69) is 5.32 Å². The van der Waals surface area contributed by atoms with Crippen molar-refractivity contribution in [3.63, 3.8) is 0 Å². The maximum absolute atomic E-state index is 12.4. The van der Waals surface area contributed by atoms with Crippen molar-refractivity contribution >= 4 is 17.5 Å². The van der Waals surface area contributed by atoms with Crippen molar-refractivity contribution in [1.29, 1.82) is 0 Å². The van der Waals surface area contributed by atoms with Crippen LogP contribution in [-0.2, 0) is 11.2 Å². The van der Waals surface area contributed by atoms with E-state index in [0.29, 0.717) is 18.5 Å². The highest BCUT2D eigenvalue weighted by Gasteiger charge is 2.28. The van der Waals surface area contributed by atoms with Crippen LogP contribution in [0.2, 0.25) is 0 Å². The van der Waals surface area contributed by atoms with Crippen LogP contribution in [0.5, 0.6) is 0 Å². The van der Waals surface area contributed by atoms with Gasteiger partial charge in [-0.2, -0.15) is 0 Å². The molecule has 5 nitrogen and oxygen atoms in total. The third-order valence-electron chi connectivity index (χ3n) is 5.12. The lowest BCUT2D eigenvalue weighted by Gasteiger charge is -2.29. The molecule has 0 aliphatic carbocycles. The van der Waals surface area contributed by atoms with E-state index < -0.39 is 5.60 Å². The van der Waals surface area contributed by atoms with Gasteiger partial charge in [-0.3, -0.25) is 9.59 Å². The van der Waals surface area contributed by atoms with Crippen LogP contribution in [0.3, 0.4) is 0 Å². The Morgan fingerprint density at radius 2 is 2.08 bits per heavy atom. The minimum atomic E-state index is -0.925. The molecule has 2 unspecified atom stereocenters. The molecule has 0 spiro atoms. The molecule has 0 radical (unpaired) electrons. The molecule has 1 aliphatic rings. The molecule has 132 valence electrons. The lowest BCUT2D eigenvalue weighted by atomic mass is 9.88. The number of nitrogens with zero attached hydrogens (tertiary/aromatic N) is 1. The third kappa shape index (κ3) is 3.78. The van der Waals surface area contributed by atoms with Gasteiger partial charge >= 0.3 is 0 Å². The summed E-state index contributed by atoms with van der Waals surface area (Å²) in [6, 6.07) is 5.44. The highest BCUT2D eigenvalue weighted by atomic mass is 16.3. The fourth-order valence-corrected chi connectivity index (χ4v) is 2.97. The molecule has 0 fully saturated rings. The number of hydrogen-bond donors (Lipinski definition) is 2. The van der Waals surface area contributed by atoms with Crippen LogP contribution in [0, 0.1) is 5.92 Å². The Balaban J connectivity index is 2.06. The molecular weight excluding hydrogens is 304 g/mol. The first-order valence-corrected chi connectivity index (χ1v) is 8.74. The number of carbonyl (C=O) groups excluding carboxylic acids is 2. The van der Waals surface area contributed by atoms with Crippen LogP contribution in [0.4, 0.5) is 5.69 Å². The lowest BCUT2D eigenvalue weighted by Crippen LogP contribution is -2.45. The molecule has 1 aromatic rings. The van der Waals surface area contributed by atoms with Gasteiger partial charge in [0.25, 0.3) is 5.91 Å². The van der Waals surface area contributed by atoms with E-state index in [0.717, 1.165) is 24.1 Å². The number of nitrogens with one attached hydrogen (secondary N) is 1. The Bertz CT molecular complexity index is 625. The summed E-state index contributed by atoms with van der Waals surface area (Å²) in [6.07, 6.45) is 2.10. The fourth-order valence-electron chi connectivity index (χ4n) is 2.97. The van der Waals surface area contributed by atoms with Crippen LogP contribution < -0.4 is 10.2 Å². The number of amides is 2. The Kier molecular flexibility index (Phi) is 5.65. The SMILES string of the molecule is CCC(=O)N1CCc2cc(C(=O)NCC(C)(O)C(C)CC)ccc21. The largest absolute Gasteiger partial charge is 0.388 e. The summed E-state index contributed by atoms with van der Waals surface area (Å²) in [4.78, 5) is 26.1. The number of anilines is 1. The Labute approximate surface area is 144 Å². The van der Waals surface area contributed by atoms with Gasteiger partial charge in [-0.1, -0.05) is 27.2 Å². The first kappa shape index (κ1) is 18.5. The summed E-state index contributed by atoms with van der Waals surface area (Å²) < 4.78 is 0. The Hall–Kier alpha value is -1.88. The van der Waals surface area contributed by atoms with Gasteiger partial charge in [0, 0.05) is 30.8 Å². The molecule has 1 heterocycles. The fraction of sp³-hybridized carbons (Fsp3) is 0.579. The van der Waals surface area contributed by atoms with E-state index in [1.807, 2.05) is 32.9 Å². The van der Waals surface area contributed by atoms with Crippen LogP contribution in [-0.4, -0.2) is 35.6 Å². The molecule has 0 saturated carbocycles. The predicted molar refractivity (Wildman–Crippen MR) is 95.2 cm³/mol. The quantitative estimate of drug-likeness (QED) is 0.841. The van der Waals surface area contributed by atoms with Gasteiger partial charge in [-0.25, -0.2) is 0 Å². The van der Waals surface area contributed by atoms with E-state index in [1.54, 1.807) is 17.9 Å². The molecule has 0 aromatic heterocycles. The second-order valence-corrected chi connectivity index (χ2v) is 6.84. The Morgan fingerprint density at radius 3 is 2.71 bits per heavy atom. The molecular formula is C19H28N2O3. The minimum absolute atomic E-state index is 0.103. The Morgan fingerprint density at radius 1 is 1.38 bits per heavy atom. The molecule has 2 amide bonds. The zero-order valence-electron chi connectivity index (χ0n) is 15.1. The first-order chi connectivity index (χ1) is 11.3. The monoisotopic (exact) mass is 332 g/mol. The van der Waals surface area contributed by atoms with Gasteiger partial charge in [0.05, 0.1) is 5.60 Å². The smallest absolute Gasteiger partial charge is 0.251 e. The van der Waals surface area contributed by atoms with Crippen LogP contribution >= 0.6 is 0 Å². The van der Waals surface area contributed by atoms with Crippen molar-refractivity contribution in [2.75, 3.05) is 18.0 Å². The molecule has 2 atom stereocenters. The van der Waals surface area contributed by atoms with E-state index in [-0.39, 0.29) is 24.3 Å². The topological polar surface area (TPSA) is 69.6 Å². The number of carbonyl (C=O) groups is 2. The standard InChI is InChI=1S/C19H28N2O3/c1-5-13(3)19(4,24)12-20-18(23)15-7-8-16-14(11-15)9-10-21(16)17(22)6-2/h7-8,11,13,24H,5-6,9-10,12H2,1-4H3,(H,20,23). The molecule has 5 heteroatoms. The van der Waals surface area contributed by atoms with Crippen molar-refractivity contribution in [3.05, 3.63) is 29.3 Å². The average Bonchev–Trinajstić information content (AvgIpc) is 3.01. The van der Waals surface area contributed by atoms with Crippen LogP contribution in [0.25, 0.3) is 0 Å². The maximum atomic E-state index is 12.4. The van der Waals surface area contributed by atoms with Crippen molar-refractivity contribution in [3.8, 4) is 0 Å². The van der Waals surface area contributed by atoms with Crippen molar-refractivity contribution in [2.24, 2.45) is 5.92 Å². The number of fused-ring (bicyclic) bond motifs is 1. The predicted octanol–water partition coefficient (Wildman–Crippen LogP) is 2.51. The number of aliphatic hydroxyl groups is 1. The summed E-state index contributed by atoms with van der Waals surface area (Å²) in [7, 11) is 0. The second kappa shape index (κ2) is 7.34. The molecule has 0 bridgehead atoms. The van der Waals surface area contributed by atoms with Gasteiger partial charge < -0.3 is 15.3 Å². The summed E-state index contributed by atoms with van der Waals surface area (Å²) in [5, 5.41) is 13.2. The zero-order chi connectivity index (χ0) is 17.9. The van der Waals surface area contributed by atoms with Gasteiger partial charge in [-0.15, -0.1) is 0 Å². The van der Waals surface area contributed by atoms with E-state index >= 15 is 0 Å². The summed E-state index contributed by atoms with van der Waals surface area (Å²) in [5.41, 5.74) is 1.58. The van der Waals surface area contributed by atoms with Crippen molar-refractivity contribution in [2.45, 2.75) is 52.6 Å². The summed E-state index contributed by atoms with van der Waals surface area (Å²) >= 11 is 0. The molecule has 2 N–H and O–H groups in total. The van der Waals surface area contributed by atoms with Crippen LogP contribution in [0.15, 0.2) is 18.2 Å². The number of rotatable bonds is 6. The van der Waals surface area contributed by atoms with Gasteiger partial charge in [0.1, 0.15) is 0 Å². The number of hydrogen-bond acceptors (Lipinski definition) is 3. The summed E-state index contributed by atoms with van der Waals surface area (Å²) in [6.45, 7) is 8.49. The molecule has 1 aliphatic heterocycles. The normalized spacial score (nSPS) is 17.1. The van der Waals surface area contributed by atoms with Gasteiger partial charge in [-0.05, 0) is 43.0 Å². The zero-order valence-corrected chi connectivity index (χ0v) is 15.1. The first-order valence-electron chi connectivity index (χ1n) is 8.74. The van der Waals surface area contributed by atoms with Crippen molar-refractivity contribution < 1.29 is 14.7 Å². The number of benzene rings is 1. The van der Waals surface area contributed by atoms with E-state index in [1.165, 1.54) is 0 Å². The van der Waals surface area contributed by atoms with Gasteiger partial charge in [0.15, 0.2) is 0 Å². The van der Waals surface area contributed by atoms with Crippen molar-refractivity contribution in [1.82, 2.24) is 5.32 Å². The minimum Gasteiger partial charge on any atom is -0.388 e. The lowest BCUT2D eigenvalue weighted by molar-refractivity contribution is -0.118. The molecule has 0 saturated heterocycles. The molecule has 2 rings (SSSR count). The van der Waals surface area contributed by atoms with E-state index in [4.69, 9.17) is 0 Å².